The maximum atomic E-state index is 11.3. The number of nitrogens with two attached hydrogens (primary N) is 1. The lowest BCUT2D eigenvalue weighted by atomic mass is 9.81. The van der Waals surface area contributed by atoms with E-state index in [0.717, 1.165) is 0 Å². The third-order valence-corrected chi connectivity index (χ3v) is 3.61. The van der Waals surface area contributed by atoms with Crippen molar-refractivity contribution in [2.75, 3.05) is 6.61 Å². The molecule has 0 radical (unpaired) electrons. The van der Waals surface area contributed by atoms with Gasteiger partial charge in [-0.2, -0.15) is 0 Å². The van der Waals surface area contributed by atoms with Gasteiger partial charge in [-0.15, -0.1) is 0 Å². The fourth-order valence-electron chi connectivity index (χ4n) is 2.01. The van der Waals surface area contributed by atoms with E-state index < -0.39 is 18.6 Å². The summed E-state index contributed by atoms with van der Waals surface area (Å²) < 4.78 is 5.47. The molecule has 5 N–H and O–H groups in total. The van der Waals surface area contributed by atoms with E-state index in [1.807, 2.05) is 0 Å². The molecule has 22 heavy (non-hydrogen) atoms. The molecule has 6 nitrogen and oxygen atoms in total. The second-order valence-electron chi connectivity index (χ2n) is 5.24. The van der Waals surface area contributed by atoms with E-state index in [1.165, 1.54) is 0 Å². The van der Waals surface area contributed by atoms with Gasteiger partial charge in [0.2, 0.25) is 0 Å². The van der Waals surface area contributed by atoms with Crippen molar-refractivity contribution < 1.29 is 24.7 Å². The molecule has 1 rings (SSSR count). The minimum absolute atomic E-state index is 0.149. The molecule has 0 saturated heterocycles. The number of benzene rings is 1. The summed E-state index contributed by atoms with van der Waals surface area (Å²) >= 11 is 5.83. The van der Waals surface area contributed by atoms with Crippen LogP contribution in [0.25, 0.3) is 0 Å². The van der Waals surface area contributed by atoms with Crippen LogP contribution in [-0.4, -0.2) is 40.4 Å². The predicted molar refractivity (Wildman–Crippen MR) is 85.0 cm³/mol. The molecule has 0 aliphatic heterocycles. The molecule has 8 heteroatoms. The standard InChI is InChI=1S/C14H21BClNO5/c16-11-4-3-5-12(10-11)22-9-7-14(17,13(18)19)6-1-2-8-15(20)21/h3-5,10,20-21H,1-2,6-9,17H2,(H,18,19). The van der Waals surface area contributed by atoms with Gasteiger partial charge in [0.25, 0.3) is 0 Å². The van der Waals surface area contributed by atoms with Gasteiger partial charge >= 0.3 is 13.1 Å². The van der Waals surface area contributed by atoms with Crippen LogP contribution in [0.5, 0.6) is 5.75 Å². The van der Waals surface area contributed by atoms with Crippen molar-refractivity contribution in [3.63, 3.8) is 0 Å². The van der Waals surface area contributed by atoms with Crippen LogP contribution in [0, 0.1) is 0 Å². The lowest BCUT2D eigenvalue weighted by Crippen LogP contribution is -2.49. The molecule has 0 heterocycles. The van der Waals surface area contributed by atoms with Gasteiger partial charge in [0, 0.05) is 11.4 Å². The summed E-state index contributed by atoms with van der Waals surface area (Å²) in [5, 5.41) is 27.3. The van der Waals surface area contributed by atoms with E-state index in [2.05, 4.69) is 0 Å². The number of carboxylic acid groups (broad SMARTS) is 1. The Balaban J connectivity index is 2.44. The molecule has 0 fully saturated rings. The Kier molecular flexibility index (Phi) is 7.68. The monoisotopic (exact) mass is 329 g/mol. The molecular formula is C14H21BClNO5. The van der Waals surface area contributed by atoms with Crippen molar-refractivity contribution >= 4 is 24.7 Å². The van der Waals surface area contributed by atoms with E-state index >= 15 is 0 Å². The summed E-state index contributed by atoms with van der Waals surface area (Å²) in [5.41, 5.74) is 4.53. The maximum Gasteiger partial charge on any atom is 0.451 e. The largest absolute Gasteiger partial charge is 0.493 e. The number of hydrogen-bond acceptors (Lipinski definition) is 5. The Morgan fingerprint density at radius 3 is 2.64 bits per heavy atom. The van der Waals surface area contributed by atoms with Gasteiger partial charge in [0.15, 0.2) is 0 Å². The highest BCUT2D eigenvalue weighted by Gasteiger charge is 2.33. The molecule has 1 aromatic carbocycles. The first kappa shape index (κ1) is 18.8. The number of halogens is 1. The van der Waals surface area contributed by atoms with Crippen LogP contribution in [0.2, 0.25) is 11.3 Å². The highest BCUT2D eigenvalue weighted by molar-refractivity contribution is 6.40. The molecule has 0 saturated carbocycles. The van der Waals surface area contributed by atoms with E-state index in [0.29, 0.717) is 23.6 Å². The number of carboxylic acids is 1. The normalized spacial score (nSPS) is 13.5. The first-order valence-electron chi connectivity index (χ1n) is 7.10. The number of carbonyl (C=O) groups is 1. The number of ether oxygens (including phenoxy) is 1. The van der Waals surface area contributed by atoms with Crippen LogP contribution in [0.3, 0.4) is 0 Å². The summed E-state index contributed by atoms with van der Waals surface area (Å²) in [6.45, 7) is 0.158. The Labute approximate surface area is 135 Å². The zero-order valence-electron chi connectivity index (χ0n) is 12.2. The minimum atomic E-state index is -1.39. The van der Waals surface area contributed by atoms with E-state index in [1.54, 1.807) is 24.3 Å². The second-order valence-corrected chi connectivity index (χ2v) is 5.68. The zero-order valence-corrected chi connectivity index (χ0v) is 13.0. The highest BCUT2D eigenvalue weighted by Crippen LogP contribution is 2.20. The predicted octanol–water partition coefficient (Wildman–Crippen LogP) is 1.53. The van der Waals surface area contributed by atoms with E-state index in [9.17, 15) is 9.90 Å². The minimum Gasteiger partial charge on any atom is -0.493 e. The van der Waals surface area contributed by atoms with Crippen LogP contribution < -0.4 is 10.5 Å². The van der Waals surface area contributed by atoms with Crippen molar-refractivity contribution in [2.24, 2.45) is 5.73 Å². The Bertz CT molecular complexity index is 488. The molecule has 122 valence electrons. The number of unbranched alkanes of at least 4 members (excludes halogenated alkanes) is 1. The van der Waals surface area contributed by atoms with Gasteiger partial charge in [-0.25, -0.2) is 0 Å². The van der Waals surface area contributed by atoms with Gasteiger partial charge in [0.1, 0.15) is 11.3 Å². The quantitative estimate of drug-likeness (QED) is 0.382. The number of rotatable bonds is 10. The summed E-state index contributed by atoms with van der Waals surface area (Å²) in [6.07, 6.45) is 1.59. The third-order valence-electron chi connectivity index (χ3n) is 3.37. The Morgan fingerprint density at radius 2 is 2.05 bits per heavy atom. The van der Waals surface area contributed by atoms with Crippen LogP contribution in [0.4, 0.5) is 0 Å². The van der Waals surface area contributed by atoms with Gasteiger partial charge in [0.05, 0.1) is 6.61 Å². The van der Waals surface area contributed by atoms with E-state index in [-0.39, 0.29) is 25.8 Å². The van der Waals surface area contributed by atoms with Crippen molar-refractivity contribution in [3.05, 3.63) is 29.3 Å². The van der Waals surface area contributed by atoms with Gasteiger partial charge in [-0.3, -0.25) is 4.79 Å². The van der Waals surface area contributed by atoms with Crippen LogP contribution in [0.15, 0.2) is 24.3 Å². The lowest BCUT2D eigenvalue weighted by Gasteiger charge is -2.24. The summed E-state index contributed by atoms with van der Waals surface area (Å²) in [7, 11) is -1.37. The molecule has 1 aromatic rings. The molecule has 0 aliphatic carbocycles. The average Bonchev–Trinajstić information content (AvgIpc) is 2.43. The average molecular weight is 330 g/mol. The van der Waals surface area contributed by atoms with Crippen LogP contribution >= 0.6 is 11.6 Å². The first-order chi connectivity index (χ1) is 10.3. The van der Waals surface area contributed by atoms with E-state index in [4.69, 9.17) is 32.1 Å². The SMILES string of the molecule is NC(CCCCB(O)O)(CCOc1cccc(Cl)c1)C(=O)O. The van der Waals surface area contributed by atoms with Gasteiger partial charge < -0.3 is 25.6 Å². The van der Waals surface area contributed by atoms with Crippen molar-refractivity contribution in [3.8, 4) is 5.75 Å². The smallest absolute Gasteiger partial charge is 0.451 e. The van der Waals surface area contributed by atoms with Crippen molar-refractivity contribution in [1.29, 1.82) is 0 Å². The third kappa shape index (κ3) is 6.66. The molecule has 0 amide bonds. The summed E-state index contributed by atoms with van der Waals surface area (Å²) in [6, 6.07) is 6.83. The summed E-state index contributed by atoms with van der Waals surface area (Å²) in [4.78, 5) is 11.3. The van der Waals surface area contributed by atoms with Crippen LogP contribution in [-0.2, 0) is 4.79 Å². The van der Waals surface area contributed by atoms with Gasteiger partial charge in [-0.05, 0) is 30.9 Å². The Hall–Kier alpha value is -1.28. The lowest BCUT2D eigenvalue weighted by molar-refractivity contribution is -0.144. The fourth-order valence-corrected chi connectivity index (χ4v) is 2.19. The second kappa shape index (κ2) is 9.00. The molecule has 1 unspecified atom stereocenters. The van der Waals surface area contributed by atoms with Crippen molar-refractivity contribution in [2.45, 2.75) is 37.5 Å². The molecule has 0 aromatic heterocycles. The topological polar surface area (TPSA) is 113 Å². The first-order valence-corrected chi connectivity index (χ1v) is 7.48. The van der Waals surface area contributed by atoms with Crippen molar-refractivity contribution in [1.82, 2.24) is 0 Å². The number of aliphatic carboxylic acids is 1. The molecule has 0 spiro atoms. The molecule has 0 aliphatic rings. The number of hydrogen-bond donors (Lipinski definition) is 4. The fraction of sp³-hybridized carbons (Fsp3) is 0.500. The molecule has 0 bridgehead atoms. The highest BCUT2D eigenvalue weighted by atomic mass is 35.5. The van der Waals surface area contributed by atoms with Gasteiger partial charge in [-0.1, -0.05) is 30.5 Å². The molecular weight excluding hydrogens is 308 g/mol. The Morgan fingerprint density at radius 1 is 1.32 bits per heavy atom. The maximum absolute atomic E-state index is 11.3. The molecule has 1 atom stereocenters. The summed E-state index contributed by atoms with van der Waals surface area (Å²) in [5.74, 6) is -0.532. The van der Waals surface area contributed by atoms with Crippen LogP contribution in [0.1, 0.15) is 25.7 Å². The zero-order chi connectivity index (χ0) is 16.6.